The second-order valence-electron chi connectivity index (χ2n) is 5.86. The maximum Gasteiger partial charge on any atom is 0.246 e. The van der Waals surface area contributed by atoms with E-state index in [0.717, 1.165) is 0 Å². The maximum absolute atomic E-state index is 3.18. The number of benzene rings is 1. The number of nitrogens with zero attached hydrogens (tertiary/aromatic N) is 1. The summed E-state index contributed by atoms with van der Waals surface area (Å²) >= 11 is 0. The van der Waals surface area contributed by atoms with Crippen LogP contribution in [0, 0.1) is 0 Å². The van der Waals surface area contributed by atoms with Crippen molar-refractivity contribution in [2.24, 2.45) is 0 Å². The van der Waals surface area contributed by atoms with Crippen molar-refractivity contribution in [3.8, 4) is 5.69 Å². The molecule has 0 atom stereocenters. The third kappa shape index (κ3) is 5.17. The van der Waals surface area contributed by atoms with Crippen LogP contribution in [0.25, 0.3) is 5.69 Å². The van der Waals surface area contributed by atoms with Gasteiger partial charge in [0.25, 0.3) is 0 Å². The van der Waals surface area contributed by atoms with E-state index in [4.69, 9.17) is 0 Å². The Hall–Kier alpha value is -1.28. The predicted octanol–water partition coefficient (Wildman–Crippen LogP) is 1.76. The van der Waals surface area contributed by atoms with E-state index in [-0.39, 0.29) is 12.4 Å². The van der Waals surface area contributed by atoms with E-state index >= 15 is 0 Å². The van der Waals surface area contributed by atoms with E-state index in [0.29, 0.717) is 0 Å². The van der Waals surface area contributed by atoms with Crippen molar-refractivity contribution in [3.05, 3.63) is 48.0 Å². The maximum atomic E-state index is 3.18. The summed E-state index contributed by atoms with van der Waals surface area (Å²) < 4.78 is 2.25. The van der Waals surface area contributed by atoms with Gasteiger partial charge in [-0.25, -0.2) is 9.55 Å². The Balaban J connectivity index is 0.00000242. The Labute approximate surface area is 141 Å². The van der Waals surface area contributed by atoms with Gasteiger partial charge in [-0.1, -0.05) is 57.7 Å². The fourth-order valence-corrected chi connectivity index (χ4v) is 2.94. The molecule has 0 radical (unpaired) electrons. The van der Waals surface area contributed by atoms with Crippen molar-refractivity contribution in [2.45, 2.75) is 65.2 Å². The molecule has 22 heavy (non-hydrogen) atoms. The third-order valence-electron chi connectivity index (χ3n) is 4.11. The van der Waals surface area contributed by atoms with Crippen LogP contribution in [0.1, 0.15) is 63.5 Å². The minimum atomic E-state index is 0. The lowest BCUT2D eigenvalue weighted by Crippen LogP contribution is -3.00. The Morgan fingerprint density at radius 3 is 1.95 bits per heavy atom. The summed E-state index contributed by atoms with van der Waals surface area (Å²) in [6, 6.07) is 6.84. The number of nitrogens with one attached hydrogen (secondary N) is 1. The zero-order chi connectivity index (χ0) is 14.9. The highest BCUT2D eigenvalue weighted by Gasteiger charge is 2.14. The molecule has 3 heteroatoms. The van der Waals surface area contributed by atoms with Gasteiger partial charge in [0.05, 0.1) is 0 Å². The quantitative estimate of drug-likeness (QED) is 0.536. The number of unbranched alkanes of at least 4 members (excludes halogenated alkanes) is 4. The number of para-hydroxylation sites is 1. The molecule has 0 aliphatic carbocycles. The van der Waals surface area contributed by atoms with Crippen LogP contribution in [0.15, 0.2) is 36.9 Å². The zero-order valence-corrected chi connectivity index (χ0v) is 14.7. The van der Waals surface area contributed by atoms with Gasteiger partial charge >= 0.3 is 0 Å². The summed E-state index contributed by atoms with van der Waals surface area (Å²) in [5, 5.41) is 0. The number of aromatic nitrogens is 2. The summed E-state index contributed by atoms with van der Waals surface area (Å²) in [6.45, 7) is 4.53. The fraction of sp³-hybridized carbons (Fsp3) is 0.526. The number of aromatic amines is 1. The van der Waals surface area contributed by atoms with Crippen LogP contribution >= 0.6 is 0 Å². The average molecular weight is 321 g/mol. The predicted molar refractivity (Wildman–Crippen MR) is 88.8 cm³/mol. The van der Waals surface area contributed by atoms with Crippen LogP contribution in [-0.2, 0) is 12.8 Å². The molecule has 0 amide bonds. The summed E-state index contributed by atoms with van der Waals surface area (Å²) in [5.41, 5.74) is 4.38. The molecule has 0 saturated carbocycles. The minimum absolute atomic E-state index is 0. The first-order valence-corrected chi connectivity index (χ1v) is 8.52. The van der Waals surface area contributed by atoms with E-state index in [1.165, 1.54) is 68.2 Å². The monoisotopic (exact) mass is 320 g/mol. The first-order valence-electron chi connectivity index (χ1n) is 8.52. The van der Waals surface area contributed by atoms with Gasteiger partial charge in [-0.2, -0.15) is 0 Å². The lowest BCUT2D eigenvalue weighted by molar-refractivity contribution is -0.595. The highest BCUT2D eigenvalue weighted by atomic mass is 35.5. The van der Waals surface area contributed by atoms with Crippen molar-refractivity contribution in [1.82, 2.24) is 4.98 Å². The number of aryl methyl sites for hydroxylation is 2. The average Bonchev–Trinajstić information content (AvgIpc) is 3.02. The molecule has 0 aliphatic heterocycles. The first-order chi connectivity index (χ1) is 10.4. The second-order valence-corrected chi connectivity index (χ2v) is 5.86. The fourth-order valence-electron chi connectivity index (χ4n) is 2.94. The summed E-state index contributed by atoms with van der Waals surface area (Å²) in [7, 11) is 0. The molecule has 1 heterocycles. The molecule has 122 valence electrons. The normalized spacial score (nSPS) is 10.5. The molecule has 0 fully saturated rings. The Kier molecular flexibility index (Phi) is 8.91. The van der Waals surface area contributed by atoms with Crippen molar-refractivity contribution in [3.63, 3.8) is 0 Å². The summed E-state index contributed by atoms with van der Waals surface area (Å²) in [6.07, 6.45) is 16.3. The molecule has 0 saturated heterocycles. The Bertz CT molecular complexity index is 492. The van der Waals surface area contributed by atoms with Crippen LogP contribution in [-0.4, -0.2) is 4.98 Å². The topological polar surface area (TPSA) is 19.7 Å². The highest BCUT2D eigenvalue weighted by molar-refractivity contribution is 5.42. The van der Waals surface area contributed by atoms with Crippen LogP contribution in [0.4, 0.5) is 0 Å². The number of hydrogen-bond donors (Lipinski definition) is 1. The number of halogens is 1. The van der Waals surface area contributed by atoms with Crippen molar-refractivity contribution < 1.29 is 17.0 Å². The molecule has 0 unspecified atom stereocenters. The molecule has 0 bridgehead atoms. The van der Waals surface area contributed by atoms with Crippen molar-refractivity contribution in [1.29, 1.82) is 0 Å². The van der Waals surface area contributed by atoms with Crippen LogP contribution in [0.2, 0.25) is 0 Å². The molecule has 0 spiro atoms. The van der Waals surface area contributed by atoms with Gasteiger partial charge in [0.1, 0.15) is 18.1 Å². The summed E-state index contributed by atoms with van der Waals surface area (Å²) in [5.74, 6) is 0. The largest absolute Gasteiger partial charge is 1.00 e. The number of hydrogen-bond acceptors (Lipinski definition) is 0. The number of rotatable bonds is 9. The third-order valence-corrected chi connectivity index (χ3v) is 4.11. The van der Waals surface area contributed by atoms with E-state index in [9.17, 15) is 0 Å². The second kappa shape index (κ2) is 10.4. The lowest BCUT2D eigenvalue weighted by atomic mass is 9.98. The van der Waals surface area contributed by atoms with Gasteiger partial charge in [0.2, 0.25) is 6.33 Å². The Morgan fingerprint density at radius 2 is 1.50 bits per heavy atom. The first kappa shape index (κ1) is 18.8. The molecule has 1 aromatic carbocycles. The van der Waals surface area contributed by atoms with Gasteiger partial charge in [-0.05, 0) is 36.8 Å². The molecule has 1 N–H and O–H groups in total. The minimum Gasteiger partial charge on any atom is -1.00 e. The van der Waals surface area contributed by atoms with Crippen molar-refractivity contribution >= 4 is 0 Å². The zero-order valence-electron chi connectivity index (χ0n) is 13.9. The Morgan fingerprint density at radius 1 is 0.909 bits per heavy atom. The summed E-state index contributed by atoms with van der Waals surface area (Å²) in [4.78, 5) is 3.18. The van der Waals surface area contributed by atoms with Gasteiger partial charge in [0, 0.05) is 0 Å². The smallest absolute Gasteiger partial charge is 0.246 e. The molecule has 1 aromatic heterocycles. The lowest BCUT2D eigenvalue weighted by Gasteiger charge is -2.11. The molecule has 0 aliphatic rings. The molecule has 2 nitrogen and oxygen atoms in total. The van der Waals surface area contributed by atoms with E-state index in [2.05, 4.69) is 54.1 Å². The molecule has 2 aromatic rings. The molecule has 2 rings (SSSR count). The van der Waals surface area contributed by atoms with Gasteiger partial charge in [0.15, 0.2) is 0 Å². The van der Waals surface area contributed by atoms with Gasteiger partial charge in [-0.15, -0.1) is 0 Å². The molecular formula is C19H29ClN2. The standard InChI is InChI=1S/C19H28N2.ClH/c1-3-5-7-10-17-12-9-13-18(11-8-6-4-2)19(17)21-15-14-20-16-21;/h9,12-16H,3-8,10-11H2,1-2H3;1H. The number of H-pyrrole nitrogens is 1. The molecular weight excluding hydrogens is 292 g/mol. The van der Waals surface area contributed by atoms with E-state index < -0.39 is 0 Å². The van der Waals surface area contributed by atoms with Crippen molar-refractivity contribution in [2.75, 3.05) is 0 Å². The van der Waals surface area contributed by atoms with E-state index in [1.807, 2.05) is 6.20 Å². The highest BCUT2D eigenvalue weighted by Crippen LogP contribution is 2.20. The van der Waals surface area contributed by atoms with Gasteiger partial charge in [-0.3, -0.25) is 0 Å². The SMILES string of the molecule is CCCCCc1cccc(CCCCC)c1-[n+]1cc[nH]c1.[Cl-]. The van der Waals surface area contributed by atoms with Gasteiger partial charge < -0.3 is 12.4 Å². The van der Waals surface area contributed by atoms with Crippen LogP contribution in [0.5, 0.6) is 0 Å². The van der Waals surface area contributed by atoms with Crippen LogP contribution < -0.4 is 17.0 Å². The van der Waals surface area contributed by atoms with E-state index in [1.54, 1.807) is 0 Å². The number of imidazole rings is 1. The van der Waals surface area contributed by atoms with Crippen LogP contribution in [0.3, 0.4) is 0 Å².